The van der Waals surface area contributed by atoms with Crippen LogP contribution >= 0.6 is 0 Å². The summed E-state index contributed by atoms with van der Waals surface area (Å²) in [6.45, 7) is 5.15. The van der Waals surface area contributed by atoms with Gasteiger partial charge in [-0.25, -0.2) is 4.98 Å². The quantitative estimate of drug-likeness (QED) is 0.731. The first-order valence-electron chi connectivity index (χ1n) is 9.00. The van der Waals surface area contributed by atoms with Crippen molar-refractivity contribution in [3.8, 4) is 0 Å². The number of nitrogens with zero attached hydrogens (tertiary/aromatic N) is 3. The third-order valence-electron chi connectivity index (χ3n) is 4.72. The van der Waals surface area contributed by atoms with Crippen LogP contribution in [0.5, 0.6) is 0 Å². The topological polar surface area (TPSA) is 102 Å². The smallest absolute Gasteiger partial charge is 0.289 e. The number of carbonyl (C=O) groups excluding carboxylic acids is 2. The number of nitrogens with one attached hydrogen (secondary N) is 2. The Bertz CT molecular complexity index is 766. The second-order valence-corrected chi connectivity index (χ2v) is 6.87. The van der Waals surface area contributed by atoms with Gasteiger partial charge in [-0.2, -0.15) is 5.10 Å². The zero-order chi connectivity index (χ0) is 18.5. The van der Waals surface area contributed by atoms with Gasteiger partial charge in [0.25, 0.3) is 5.91 Å². The van der Waals surface area contributed by atoms with E-state index in [0.717, 1.165) is 31.4 Å². The molecule has 2 aromatic rings. The van der Waals surface area contributed by atoms with Crippen molar-refractivity contribution in [2.24, 2.45) is 5.92 Å². The molecule has 1 aliphatic rings. The van der Waals surface area contributed by atoms with E-state index in [4.69, 9.17) is 4.42 Å². The van der Waals surface area contributed by atoms with Crippen LogP contribution in [0.25, 0.3) is 0 Å². The van der Waals surface area contributed by atoms with E-state index >= 15 is 0 Å². The van der Waals surface area contributed by atoms with Gasteiger partial charge in [0.05, 0.1) is 11.9 Å². The molecule has 0 saturated heterocycles. The Morgan fingerprint density at radius 1 is 1.35 bits per heavy atom. The molecule has 1 saturated carbocycles. The van der Waals surface area contributed by atoms with Crippen molar-refractivity contribution in [1.82, 2.24) is 25.4 Å². The van der Waals surface area contributed by atoms with Gasteiger partial charge >= 0.3 is 0 Å². The van der Waals surface area contributed by atoms with Crippen LogP contribution in [0.3, 0.4) is 0 Å². The predicted molar refractivity (Wildman–Crippen MR) is 94.4 cm³/mol. The average Bonchev–Trinajstić information content (AvgIpc) is 3.33. The van der Waals surface area contributed by atoms with E-state index < -0.39 is 0 Å². The Morgan fingerprint density at radius 3 is 2.88 bits per heavy atom. The molecule has 0 aliphatic heterocycles. The normalized spacial score (nSPS) is 19.5. The molecule has 2 unspecified atom stereocenters. The number of carbonyl (C=O) groups is 2. The van der Waals surface area contributed by atoms with Crippen LogP contribution in [0.2, 0.25) is 0 Å². The molecule has 3 rings (SSSR count). The Balaban J connectivity index is 1.37. The van der Waals surface area contributed by atoms with Crippen molar-refractivity contribution in [2.75, 3.05) is 6.54 Å². The van der Waals surface area contributed by atoms with Gasteiger partial charge in [0.2, 0.25) is 11.7 Å². The molecule has 8 nitrogen and oxygen atoms in total. The summed E-state index contributed by atoms with van der Waals surface area (Å²) in [6.07, 6.45) is 8.15. The van der Waals surface area contributed by atoms with Crippen LogP contribution in [0.15, 0.2) is 23.2 Å². The second kappa shape index (κ2) is 8.16. The lowest BCUT2D eigenvalue weighted by Gasteiger charge is -2.13. The van der Waals surface area contributed by atoms with Gasteiger partial charge in [-0.3, -0.25) is 14.3 Å². The summed E-state index contributed by atoms with van der Waals surface area (Å²) >= 11 is 0. The molecule has 2 N–H and O–H groups in total. The van der Waals surface area contributed by atoms with Crippen LogP contribution in [-0.2, 0) is 11.3 Å². The largest absolute Gasteiger partial charge is 0.438 e. The Kier molecular flexibility index (Phi) is 5.70. The van der Waals surface area contributed by atoms with E-state index in [1.54, 1.807) is 6.92 Å². The highest BCUT2D eigenvalue weighted by Gasteiger charge is 2.31. The summed E-state index contributed by atoms with van der Waals surface area (Å²) in [5.41, 5.74) is 1.70. The molecule has 1 fully saturated rings. The summed E-state index contributed by atoms with van der Waals surface area (Å²) < 4.78 is 6.99. The Hall–Kier alpha value is -2.64. The number of aryl methyl sites for hydroxylation is 3. The zero-order valence-electron chi connectivity index (χ0n) is 15.2. The maximum absolute atomic E-state index is 12.3. The second-order valence-electron chi connectivity index (χ2n) is 6.87. The number of aromatic nitrogens is 3. The number of hydrogen-bond donors (Lipinski definition) is 2. The van der Waals surface area contributed by atoms with Gasteiger partial charge in [-0.05, 0) is 45.1 Å². The van der Waals surface area contributed by atoms with Crippen LogP contribution in [-0.4, -0.2) is 39.2 Å². The molecule has 2 atom stereocenters. The first kappa shape index (κ1) is 18.2. The molecule has 2 heterocycles. The van der Waals surface area contributed by atoms with Crippen LogP contribution < -0.4 is 10.6 Å². The highest BCUT2D eigenvalue weighted by molar-refractivity contribution is 5.92. The SMILES string of the molecule is Cc1cnn(CCCNC(=O)C2CCC(NC(=O)c3ocnc3C)C2)c1. The first-order chi connectivity index (χ1) is 12.5. The Morgan fingerprint density at radius 2 is 2.19 bits per heavy atom. The predicted octanol–water partition coefficient (Wildman–Crippen LogP) is 1.59. The van der Waals surface area contributed by atoms with E-state index in [1.165, 1.54) is 6.39 Å². The van der Waals surface area contributed by atoms with Crippen molar-refractivity contribution in [2.45, 2.75) is 52.1 Å². The maximum atomic E-state index is 12.3. The third-order valence-corrected chi connectivity index (χ3v) is 4.72. The van der Waals surface area contributed by atoms with Crippen molar-refractivity contribution in [3.05, 3.63) is 35.8 Å². The molecule has 2 amide bonds. The number of rotatable bonds is 7. The summed E-state index contributed by atoms with van der Waals surface area (Å²) in [7, 11) is 0. The number of hydrogen-bond acceptors (Lipinski definition) is 5. The molecular weight excluding hydrogens is 334 g/mol. The minimum atomic E-state index is -0.263. The van der Waals surface area contributed by atoms with E-state index in [0.29, 0.717) is 18.7 Å². The molecular formula is C18H25N5O3. The first-order valence-corrected chi connectivity index (χ1v) is 9.00. The fourth-order valence-corrected chi connectivity index (χ4v) is 3.31. The summed E-state index contributed by atoms with van der Waals surface area (Å²) in [5.74, 6) is -0.00959. The van der Waals surface area contributed by atoms with Crippen molar-refractivity contribution in [3.63, 3.8) is 0 Å². The van der Waals surface area contributed by atoms with Crippen molar-refractivity contribution in [1.29, 1.82) is 0 Å². The summed E-state index contributed by atoms with van der Waals surface area (Å²) in [6, 6.07) is -0.00482. The third kappa shape index (κ3) is 4.50. The molecule has 26 heavy (non-hydrogen) atoms. The zero-order valence-corrected chi connectivity index (χ0v) is 15.2. The minimum absolute atomic E-state index is 0.00482. The molecule has 2 aromatic heterocycles. The fraction of sp³-hybridized carbons (Fsp3) is 0.556. The molecule has 0 bridgehead atoms. The van der Waals surface area contributed by atoms with Gasteiger partial charge < -0.3 is 15.1 Å². The van der Waals surface area contributed by atoms with Gasteiger partial charge in [-0.1, -0.05) is 0 Å². The standard InChI is InChI=1S/C18H25N5O3/c1-12-9-21-23(10-12)7-3-6-19-17(24)14-4-5-15(8-14)22-18(25)16-13(2)20-11-26-16/h9-11,14-15H,3-8H2,1-2H3,(H,19,24)(H,22,25). The van der Waals surface area contributed by atoms with Crippen LogP contribution in [0.1, 0.15) is 47.5 Å². The van der Waals surface area contributed by atoms with Crippen molar-refractivity contribution >= 4 is 11.8 Å². The number of amides is 2. The van der Waals surface area contributed by atoms with Gasteiger partial charge in [0.1, 0.15) is 0 Å². The monoisotopic (exact) mass is 359 g/mol. The minimum Gasteiger partial charge on any atom is -0.438 e. The van der Waals surface area contributed by atoms with Crippen LogP contribution in [0, 0.1) is 19.8 Å². The highest BCUT2D eigenvalue weighted by Crippen LogP contribution is 2.26. The highest BCUT2D eigenvalue weighted by atomic mass is 16.3. The van der Waals surface area contributed by atoms with Crippen LogP contribution in [0.4, 0.5) is 0 Å². The fourth-order valence-electron chi connectivity index (χ4n) is 3.31. The summed E-state index contributed by atoms with van der Waals surface area (Å²) in [4.78, 5) is 28.4. The molecule has 0 aromatic carbocycles. The summed E-state index contributed by atoms with van der Waals surface area (Å²) in [5, 5.41) is 10.2. The molecule has 0 radical (unpaired) electrons. The van der Waals surface area contributed by atoms with E-state index in [2.05, 4.69) is 20.7 Å². The van der Waals surface area contributed by atoms with Gasteiger partial charge in [0, 0.05) is 31.2 Å². The Labute approximate surface area is 152 Å². The molecule has 8 heteroatoms. The maximum Gasteiger partial charge on any atom is 0.289 e. The van der Waals surface area contributed by atoms with E-state index in [1.807, 2.05) is 24.0 Å². The molecule has 0 spiro atoms. The van der Waals surface area contributed by atoms with Crippen molar-refractivity contribution < 1.29 is 14.0 Å². The van der Waals surface area contributed by atoms with Gasteiger partial charge in [0.15, 0.2) is 6.39 Å². The average molecular weight is 359 g/mol. The van der Waals surface area contributed by atoms with E-state index in [-0.39, 0.29) is 29.5 Å². The van der Waals surface area contributed by atoms with Gasteiger partial charge in [-0.15, -0.1) is 0 Å². The molecule has 140 valence electrons. The lowest BCUT2D eigenvalue weighted by atomic mass is 10.1. The lowest BCUT2D eigenvalue weighted by Crippen LogP contribution is -2.35. The lowest BCUT2D eigenvalue weighted by molar-refractivity contribution is -0.124. The number of oxazole rings is 1. The van der Waals surface area contributed by atoms with E-state index in [9.17, 15) is 9.59 Å². The molecule has 1 aliphatic carbocycles.